The maximum Gasteiger partial charge on any atom is 0.410 e. The van der Waals surface area contributed by atoms with Crippen LogP contribution in [0.4, 0.5) is 19.4 Å². The summed E-state index contributed by atoms with van der Waals surface area (Å²) in [6.07, 6.45) is 3.90. The number of nitrogens with zero attached hydrogens (tertiary/aromatic N) is 4. The Kier molecular flexibility index (Phi) is 10.5. The van der Waals surface area contributed by atoms with Crippen molar-refractivity contribution in [2.75, 3.05) is 18.4 Å². The van der Waals surface area contributed by atoms with Gasteiger partial charge in [0.2, 0.25) is 0 Å². The lowest BCUT2D eigenvalue weighted by Gasteiger charge is -2.37. The van der Waals surface area contributed by atoms with Crippen molar-refractivity contribution in [2.24, 2.45) is 21.5 Å². The summed E-state index contributed by atoms with van der Waals surface area (Å²) >= 11 is 0. The number of allylic oxidation sites excluding steroid dienone is 3. The number of hydrogen-bond donors (Lipinski definition) is 3. The smallest absolute Gasteiger partial charge is 0.410 e. The molecule has 1 aromatic heterocycles. The van der Waals surface area contributed by atoms with Crippen molar-refractivity contribution in [1.82, 2.24) is 9.88 Å². The first-order valence-electron chi connectivity index (χ1n) is 12.4. The average Bonchev–Trinajstić information content (AvgIpc) is 2.79. The van der Waals surface area contributed by atoms with E-state index in [4.69, 9.17) is 16.2 Å². The Morgan fingerprint density at radius 1 is 1.34 bits per heavy atom. The van der Waals surface area contributed by atoms with Crippen LogP contribution in [0.5, 0.6) is 0 Å². The summed E-state index contributed by atoms with van der Waals surface area (Å²) in [5, 5.41) is 2.98. The summed E-state index contributed by atoms with van der Waals surface area (Å²) in [6.45, 7) is 13.3. The van der Waals surface area contributed by atoms with E-state index in [1.807, 2.05) is 41.5 Å². The van der Waals surface area contributed by atoms with Crippen molar-refractivity contribution in [2.45, 2.75) is 73.0 Å². The number of anilines is 1. The molecule has 1 amide bonds. The number of nitrogens with one attached hydrogen (secondary N) is 1. The summed E-state index contributed by atoms with van der Waals surface area (Å²) in [7, 11) is 0. The number of aryl methyl sites for hydroxylation is 1. The fraction of sp³-hybridized carbons (Fsp3) is 0.481. The Morgan fingerprint density at radius 3 is 2.53 bits per heavy atom. The number of carbonyl (C=O) groups is 1. The number of likely N-dealkylation sites (tertiary alicyclic amines) is 1. The SMILES string of the molecule is CC/C(C)=C(N)/C=C(\N=C(/C)C(F)F)Nc1cc(C)c(/C(C=NC2CN(C(=O)OC(C)(C)C)C2)=C/N)cn1. The van der Waals surface area contributed by atoms with Crippen molar-refractivity contribution in [3.8, 4) is 0 Å². The van der Waals surface area contributed by atoms with Crippen LogP contribution in [-0.2, 0) is 4.74 Å². The molecular formula is C27H39F2N7O2. The maximum atomic E-state index is 13.1. The van der Waals surface area contributed by atoms with Crippen LogP contribution in [0.3, 0.4) is 0 Å². The van der Waals surface area contributed by atoms with Crippen LogP contribution in [-0.4, -0.2) is 59.1 Å². The molecule has 11 heteroatoms. The molecule has 0 saturated carbocycles. The Balaban J connectivity index is 2.16. The second kappa shape index (κ2) is 13.2. The van der Waals surface area contributed by atoms with Crippen LogP contribution in [0.1, 0.15) is 59.1 Å². The molecule has 0 radical (unpaired) electrons. The second-order valence-corrected chi connectivity index (χ2v) is 10.1. The molecule has 38 heavy (non-hydrogen) atoms. The summed E-state index contributed by atoms with van der Waals surface area (Å²) in [4.78, 5) is 26.7. The van der Waals surface area contributed by atoms with Crippen LogP contribution < -0.4 is 16.8 Å². The van der Waals surface area contributed by atoms with E-state index in [9.17, 15) is 13.6 Å². The van der Waals surface area contributed by atoms with Gasteiger partial charge in [-0.1, -0.05) is 12.5 Å². The number of pyridine rings is 1. The normalized spacial score (nSPS) is 16.6. The van der Waals surface area contributed by atoms with Gasteiger partial charge in [0.1, 0.15) is 17.2 Å². The van der Waals surface area contributed by atoms with Gasteiger partial charge in [0.25, 0.3) is 6.43 Å². The number of nitrogens with two attached hydrogens (primary N) is 2. The molecule has 0 spiro atoms. The molecule has 208 valence electrons. The van der Waals surface area contributed by atoms with E-state index in [0.29, 0.717) is 30.2 Å². The molecule has 1 saturated heterocycles. The highest BCUT2D eigenvalue weighted by atomic mass is 19.3. The summed E-state index contributed by atoms with van der Waals surface area (Å²) in [5.74, 6) is 0.564. The first-order chi connectivity index (χ1) is 17.7. The highest BCUT2D eigenvalue weighted by Crippen LogP contribution is 2.22. The number of amides is 1. The van der Waals surface area contributed by atoms with Gasteiger partial charge in [-0.2, -0.15) is 0 Å². The highest BCUT2D eigenvalue weighted by molar-refractivity contribution is 6.10. The lowest BCUT2D eigenvalue weighted by Crippen LogP contribution is -2.54. The number of hydrogen-bond acceptors (Lipinski definition) is 8. The van der Waals surface area contributed by atoms with Gasteiger partial charge in [-0.25, -0.2) is 23.6 Å². The van der Waals surface area contributed by atoms with Crippen molar-refractivity contribution >= 4 is 29.4 Å². The maximum absolute atomic E-state index is 13.1. The van der Waals surface area contributed by atoms with Crippen molar-refractivity contribution < 1.29 is 18.3 Å². The van der Waals surface area contributed by atoms with Gasteiger partial charge in [0.15, 0.2) is 0 Å². The van der Waals surface area contributed by atoms with Gasteiger partial charge in [-0.3, -0.25) is 4.99 Å². The van der Waals surface area contributed by atoms with Crippen molar-refractivity contribution in [1.29, 1.82) is 0 Å². The summed E-state index contributed by atoms with van der Waals surface area (Å²) in [6, 6.07) is 1.70. The van der Waals surface area contributed by atoms with E-state index in [0.717, 1.165) is 23.1 Å². The standard InChI is InChI=1S/C27H39F2N7O2/c1-8-16(2)22(31)10-24(34-18(4)25(28)29)35-23-9-17(3)21(13-33-23)19(11-30)12-32-20-14-36(15-20)26(37)38-27(5,6)7/h9-13,20,25H,8,14-15,30-31H2,1-7H3,(H,33,35)/b19-11+,22-16-,24-10+,32-12?,34-18+. The third kappa shape index (κ3) is 8.97. The molecule has 2 heterocycles. The van der Waals surface area contributed by atoms with E-state index in [1.165, 1.54) is 19.2 Å². The van der Waals surface area contributed by atoms with Crippen molar-refractivity contribution in [3.05, 3.63) is 52.8 Å². The predicted octanol–water partition coefficient (Wildman–Crippen LogP) is 5.00. The molecule has 0 aliphatic carbocycles. The Bertz CT molecular complexity index is 1160. The van der Waals surface area contributed by atoms with Gasteiger partial charge in [0, 0.05) is 54.6 Å². The third-order valence-corrected chi connectivity index (χ3v) is 5.72. The quantitative estimate of drug-likeness (QED) is 0.304. The van der Waals surface area contributed by atoms with Gasteiger partial charge in [-0.15, -0.1) is 0 Å². The molecule has 0 unspecified atom stereocenters. The van der Waals surface area contributed by atoms with Crippen molar-refractivity contribution in [3.63, 3.8) is 0 Å². The minimum absolute atomic E-state index is 0.0552. The first-order valence-corrected chi connectivity index (χ1v) is 12.4. The Labute approximate surface area is 223 Å². The second-order valence-electron chi connectivity index (χ2n) is 10.1. The molecule has 0 bridgehead atoms. The third-order valence-electron chi connectivity index (χ3n) is 5.72. The number of rotatable bonds is 9. The lowest BCUT2D eigenvalue weighted by molar-refractivity contribution is 0.00911. The largest absolute Gasteiger partial charge is 0.444 e. The Morgan fingerprint density at radius 2 is 2.00 bits per heavy atom. The van der Waals surface area contributed by atoms with E-state index < -0.39 is 12.0 Å². The molecule has 0 aromatic carbocycles. The van der Waals surface area contributed by atoms with E-state index >= 15 is 0 Å². The number of halogens is 2. The molecule has 2 rings (SSSR count). The topological polar surface area (TPSA) is 131 Å². The number of carbonyl (C=O) groups excluding carboxylic acids is 1. The van der Waals surface area contributed by atoms with Crippen LogP contribution in [0.2, 0.25) is 0 Å². The van der Waals surface area contributed by atoms with Gasteiger partial charge in [-0.05, 0) is 59.6 Å². The minimum Gasteiger partial charge on any atom is -0.444 e. The van der Waals surface area contributed by atoms with Crippen LogP contribution in [0.15, 0.2) is 51.6 Å². The summed E-state index contributed by atoms with van der Waals surface area (Å²) in [5.41, 5.74) is 14.7. The molecule has 0 atom stereocenters. The number of alkyl halides is 2. The molecular weight excluding hydrogens is 492 g/mol. The molecule has 1 fully saturated rings. The first kappa shape index (κ1) is 30.5. The zero-order valence-electron chi connectivity index (χ0n) is 23.2. The van der Waals surface area contributed by atoms with Gasteiger partial charge < -0.3 is 26.4 Å². The zero-order chi connectivity index (χ0) is 28.6. The summed E-state index contributed by atoms with van der Waals surface area (Å²) < 4.78 is 31.6. The van der Waals surface area contributed by atoms with Gasteiger partial charge in [0.05, 0.1) is 11.8 Å². The number of aliphatic imine (C=N–C) groups is 2. The average molecular weight is 532 g/mol. The Hall–Kier alpha value is -3.76. The predicted molar refractivity (Wildman–Crippen MR) is 149 cm³/mol. The van der Waals surface area contributed by atoms with Crippen LogP contribution >= 0.6 is 0 Å². The van der Waals surface area contributed by atoms with E-state index in [-0.39, 0.29) is 23.7 Å². The minimum atomic E-state index is -2.70. The fourth-order valence-corrected chi connectivity index (χ4v) is 3.28. The van der Waals surface area contributed by atoms with Crippen LogP contribution in [0, 0.1) is 6.92 Å². The molecule has 1 aromatic rings. The highest BCUT2D eigenvalue weighted by Gasteiger charge is 2.33. The zero-order valence-corrected chi connectivity index (χ0v) is 23.2. The molecule has 5 N–H and O–H groups in total. The lowest BCUT2D eigenvalue weighted by atomic mass is 10.0. The van der Waals surface area contributed by atoms with Gasteiger partial charge >= 0.3 is 6.09 Å². The van der Waals surface area contributed by atoms with E-state index in [1.54, 1.807) is 23.4 Å². The number of ether oxygens (including phenoxy) is 1. The molecule has 1 aliphatic rings. The van der Waals surface area contributed by atoms with Crippen LogP contribution in [0.25, 0.3) is 5.57 Å². The van der Waals surface area contributed by atoms with E-state index in [2.05, 4.69) is 20.3 Å². The number of aromatic nitrogens is 1. The molecule has 1 aliphatic heterocycles. The molecule has 9 nitrogen and oxygen atoms in total. The fourth-order valence-electron chi connectivity index (χ4n) is 3.28. The monoisotopic (exact) mass is 531 g/mol.